The second-order valence-corrected chi connectivity index (χ2v) is 4.52. The first-order valence-electron chi connectivity index (χ1n) is 5.72. The van der Waals surface area contributed by atoms with Crippen molar-refractivity contribution in [2.24, 2.45) is 0 Å². The highest BCUT2D eigenvalue weighted by Gasteiger charge is 2.17. The molecule has 3 heteroatoms. The number of aryl methyl sites for hydroxylation is 3. The van der Waals surface area contributed by atoms with E-state index >= 15 is 0 Å². The van der Waals surface area contributed by atoms with Crippen LogP contribution >= 0.6 is 0 Å². The van der Waals surface area contributed by atoms with Crippen LogP contribution in [0.3, 0.4) is 0 Å². The minimum atomic E-state index is -0.473. The van der Waals surface area contributed by atoms with E-state index in [1.165, 1.54) is 12.3 Å². The third-order valence-electron chi connectivity index (χ3n) is 2.80. The van der Waals surface area contributed by atoms with Crippen molar-refractivity contribution >= 4 is 5.78 Å². The van der Waals surface area contributed by atoms with Crippen molar-refractivity contribution in [2.75, 3.05) is 0 Å². The number of aromatic nitrogens is 1. The van der Waals surface area contributed by atoms with Crippen molar-refractivity contribution in [2.45, 2.75) is 20.8 Å². The highest BCUT2D eigenvalue weighted by Crippen LogP contribution is 2.19. The lowest BCUT2D eigenvalue weighted by Gasteiger charge is -2.08. The Morgan fingerprint density at radius 1 is 1.06 bits per heavy atom. The van der Waals surface area contributed by atoms with Gasteiger partial charge in [0.2, 0.25) is 0 Å². The van der Waals surface area contributed by atoms with Gasteiger partial charge in [0, 0.05) is 18.0 Å². The molecule has 1 heterocycles. The van der Waals surface area contributed by atoms with Crippen LogP contribution in [0.25, 0.3) is 0 Å². The maximum absolute atomic E-state index is 13.9. The van der Waals surface area contributed by atoms with Gasteiger partial charge in [-0.25, -0.2) is 4.39 Å². The number of ketones is 1. The van der Waals surface area contributed by atoms with Crippen molar-refractivity contribution in [3.63, 3.8) is 0 Å². The normalized spacial score (nSPS) is 10.4. The van der Waals surface area contributed by atoms with Gasteiger partial charge >= 0.3 is 0 Å². The van der Waals surface area contributed by atoms with Crippen molar-refractivity contribution in [3.8, 4) is 0 Å². The van der Waals surface area contributed by atoms with Gasteiger partial charge in [-0.2, -0.15) is 0 Å². The summed E-state index contributed by atoms with van der Waals surface area (Å²) in [5.41, 5.74) is 2.89. The number of carbonyl (C=O) groups excluding carboxylic acids is 1. The summed E-state index contributed by atoms with van der Waals surface area (Å²) >= 11 is 0. The summed E-state index contributed by atoms with van der Waals surface area (Å²) in [6.07, 6.45) is 3.13. The lowest BCUT2D eigenvalue weighted by atomic mass is 9.97. The molecule has 0 saturated carbocycles. The molecule has 1 aromatic carbocycles. The van der Waals surface area contributed by atoms with E-state index in [9.17, 15) is 9.18 Å². The van der Waals surface area contributed by atoms with Gasteiger partial charge in [0.15, 0.2) is 5.78 Å². The highest BCUT2D eigenvalue weighted by molar-refractivity contribution is 6.10. The first-order chi connectivity index (χ1) is 8.49. The number of rotatable bonds is 2. The Morgan fingerprint density at radius 3 is 2.39 bits per heavy atom. The number of carbonyl (C=O) groups is 1. The molecular formula is C15H14FNO. The second kappa shape index (κ2) is 4.69. The zero-order chi connectivity index (χ0) is 13.3. The van der Waals surface area contributed by atoms with Crippen molar-refractivity contribution in [3.05, 3.63) is 64.2 Å². The average Bonchev–Trinajstić information content (AvgIpc) is 2.27. The van der Waals surface area contributed by atoms with Crippen LogP contribution in [0.2, 0.25) is 0 Å². The van der Waals surface area contributed by atoms with E-state index < -0.39 is 5.82 Å². The number of pyridine rings is 1. The summed E-state index contributed by atoms with van der Waals surface area (Å²) in [6, 6.07) is 4.90. The number of benzene rings is 1. The fourth-order valence-corrected chi connectivity index (χ4v) is 2.03. The van der Waals surface area contributed by atoms with E-state index in [0.717, 1.165) is 11.1 Å². The van der Waals surface area contributed by atoms with Crippen molar-refractivity contribution in [1.29, 1.82) is 0 Å². The van der Waals surface area contributed by atoms with Gasteiger partial charge in [-0.05, 0) is 49.6 Å². The summed E-state index contributed by atoms with van der Waals surface area (Å²) < 4.78 is 13.9. The third kappa shape index (κ3) is 2.30. The fourth-order valence-electron chi connectivity index (χ4n) is 2.03. The van der Waals surface area contributed by atoms with Gasteiger partial charge in [0.25, 0.3) is 0 Å². The molecule has 2 nitrogen and oxygen atoms in total. The molecule has 0 aliphatic rings. The van der Waals surface area contributed by atoms with E-state index in [4.69, 9.17) is 0 Å². The molecule has 0 N–H and O–H groups in total. The molecule has 0 aliphatic heterocycles. The summed E-state index contributed by atoms with van der Waals surface area (Å²) in [6.45, 7) is 5.40. The topological polar surface area (TPSA) is 30.0 Å². The minimum absolute atomic E-state index is 0.132. The molecule has 92 valence electrons. The van der Waals surface area contributed by atoms with Crippen LogP contribution in [-0.4, -0.2) is 10.8 Å². The Bertz CT molecular complexity index is 597. The summed E-state index contributed by atoms with van der Waals surface area (Å²) in [5.74, 6) is -0.791. The minimum Gasteiger partial charge on any atom is -0.288 e. The van der Waals surface area contributed by atoms with E-state index in [1.807, 2.05) is 6.92 Å². The molecule has 0 saturated heterocycles. The molecule has 18 heavy (non-hydrogen) atoms. The number of hydrogen-bond acceptors (Lipinski definition) is 2. The van der Waals surface area contributed by atoms with Crippen LogP contribution in [0, 0.1) is 26.6 Å². The van der Waals surface area contributed by atoms with Crippen molar-refractivity contribution < 1.29 is 9.18 Å². The second-order valence-electron chi connectivity index (χ2n) is 4.52. The Labute approximate surface area is 105 Å². The molecule has 0 amide bonds. The molecule has 1 aromatic heterocycles. The number of nitrogens with zero attached hydrogens (tertiary/aromatic N) is 1. The number of halogens is 1. The Balaban J connectivity index is 2.53. The maximum Gasteiger partial charge on any atom is 0.197 e. The fraction of sp³-hybridized carbons (Fsp3) is 0.200. The van der Waals surface area contributed by atoms with Crippen LogP contribution in [0.5, 0.6) is 0 Å². The smallest absolute Gasteiger partial charge is 0.197 e. The molecule has 0 bridgehead atoms. The Hall–Kier alpha value is -2.03. The van der Waals surface area contributed by atoms with Crippen LogP contribution in [0.1, 0.15) is 32.6 Å². The van der Waals surface area contributed by atoms with Gasteiger partial charge < -0.3 is 0 Å². The van der Waals surface area contributed by atoms with E-state index in [1.54, 1.807) is 32.2 Å². The van der Waals surface area contributed by atoms with Gasteiger partial charge in [-0.15, -0.1) is 0 Å². The maximum atomic E-state index is 13.9. The monoisotopic (exact) mass is 243 g/mol. The Morgan fingerprint density at radius 2 is 1.78 bits per heavy atom. The van der Waals surface area contributed by atoms with Gasteiger partial charge in [0.1, 0.15) is 5.82 Å². The molecule has 0 aliphatic carbocycles. The Kier molecular flexibility index (Phi) is 3.24. The molecule has 0 fully saturated rings. The molecular weight excluding hydrogens is 229 g/mol. The predicted molar refractivity (Wildman–Crippen MR) is 68.3 cm³/mol. The SMILES string of the molecule is Cc1cncc(C(=O)c2c(C)cc(C)cc2F)c1. The molecule has 2 aromatic rings. The highest BCUT2D eigenvalue weighted by atomic mass is 19.1. The van der Waals surface area contributed by atoms with Gasteiger partial charge in [-0.3, -0.25) is 9.78 Å². The predicted octanol–water partition coefficient (Wildman–Crippen LogP) is 3.38. The molecule has 0 unspecified atom stereocenters. The molecule has 0 atom stereocenters. The third-order valence-corrected chi connectivity index (χ3v) is 2.80. The molecule has 2 rings (SSSR count). The van der Waals surface area contributed by atoms with E-state index in [-0.39, 0.29) is 11.3 Å². The zero-order valence-corrected chi connectivity index (χ0v) is 10.6. The largest absolute Gasteiger partial charge is 0.288 e. The molecule has 0 radical (unpaired) electrons. The lowest BCUT2D eigenvalue weighted by Crippen LogP contribution is -2.08. The number of hydrogen-bond donors (Lipinski definition) is 0. The average molecular weight is 243 g/mol. The van der Waals surface area contributed by atoms with Gasteiger partial charge in [0.05, 0.1) is 5.56 Å². The van der Waals surface area contributed by atoms with Crippen molar-refractivity contribution in [1.82, 2.24) is 4.98 Å². The van der Waals surface area contributed by atoms with Crippen LogP contribution in [0.15, 0.2) is 30.6 Å². The lowest BCUT2D eigenvalue weighted by molar-refractivity contribution is 0.103. The quantitative estimate of drug-likeness (QED) is 0.757. The summed E-state index contributed by atoms with van der Waals surface area (Å²) in [7, 11) is 0. The van der Waals surface area contributed by atoms with Crippen LogP contribution < -0.4 is 0 Å². The summed E-state index contributed by atoms with van der Waals surface area (Å²) in [4.78, 5) is 16.2. The van der Waals surface area contributed by atoms with Crippen LogP contribution in [-0.2, 0) is 0 Å². The van der Waals surface area contributed by atoms with Crippen LogP contribution in [0.4, 0.5) is 4.39 Å². The van der Waals surface area contributed by atoms with E-state index in [2.05, 4.69) is 4.98 Å². The molecule has 0 spiro atoms. The standard InChI is InChI=1S/C15H14FNO/c1-9-4-11(3)14(13(16)6-9)15(18)12-5-10(2)7-17-8-12/h4-8H,1-3H3. The van der Waals surface area contributed by atoms with Gasteiger partial charge in [-0.1, -0.05) is 6.07 Å². The summed E-state index contributed by atoms with van der Waals surface area (Å²) in [5, 5.41) is 0. The van der Waals surface area contributed by atoms with E-state index in [0.29, 0.717) is 11.1 Å². The first kappa shape index (κ1) is 12.4. The zero-order valence-electron chi connectivity index (χ0n) is 10.6. The first-order valence-corrected chi connectivity index (χ1v) is 5.72.